The lowest BCUT2D eigenvalue weighted by atomic mass is 9.99. The number of benzene rings is 1. The minimum absolute atomic E-state index is 0.166. The zero-order valence-corrected chi connectivity index (χ0v) is 13.8. The maximum Gasteiger partial charge on any atom is 0.251 e. The minimum atomic E-state index is -1.05. The molecule has 0 spiro atoms. The largest absolute Gasteiger partial charge is 0.384 e. The average molecular weight is 321 g/mol. The topological polar surface area (TPSA) is 49.3 Å². The number of thiophene rings is 1. The zero-order chi connectivity index (χ0) is 15.3. The summed E-state index contributed by atoms with van der Waals surface area (Å²) in [5.74, 6) is 0.774. The van der Waals surface area contributed by atoms with E-state index in [1.807, 2.05) is 47.3 Å². The molecule has 0 fully saturated rings. The fraction of sp³-hybridized carbons (Fsp3) is 0.312. The molecule has 1 unspecified atom stereocenters. The first-order valence-corrected chi connectivity index (χ1v) is 8.98. The molecule has 1 atom stereocenters. The molecule has 112 valence electrons. The molecular formula is C16H19NO2S2. The van der Waals surface area contributed by atoms with Crippen molar-refractivity contribution in [3.8, 4) is 0 Å². The molecule has 3 nitrogen and oxygen atoms in total. The lowest BCUT2D eigenvalue weighted by Crippen LogP contribution is -2.38. The van der Waals surface area contributed by atoms with Crippen LogP contribution in [0.3, 0.4) is 0 Å². The van der Waals surface area contributed by atoms with Gasteiger partial charge in [-0.25, -0.2) is 0 Å². The van der Waals surface area contributed by atoms with Crippen LogP contribution < -0.4 is 5.32 Å². The fourth-order valence-electron chi connectivity index (χ4n) is 1.95. The van der Waals surface area contributed by atoms with E-state index in [0.717, 1.165) is 11.3 Å². The Kier molecular flexibility index (Phi) is 5.45. The minimum Gasteiger partial charge on any atom is -0.384 e. The SMILES string of the molecule is CSCc1ccc(C(=O)NCC(C)(O)c2ccsc2)cc1. The van der Waals surface area contributed by atoms with Crippen LogP contribution in [-0.4, -0.2) is 23.8 Å². The second-order valence-corrected chi connectivity index (χ2v) is 6.74. The molecule has 0 saturated heterocycles. The van der Waals surface area contributed by atoms with Gasteiger partial charge in [0.05, 0.1) is 6.54 Å². The first-order chi connectivity index (χ1) is 10.0. The van der Waals surface area contributed by atoms with Gasteiger partial charge in [0.15, 0.2) is 0 Å². The van der Waals surface area contributed by atoms with Gasteiger partial charge in [-0.15, -0.1) is 0 Å². The Hall–Kier alpha value is -1.30. The smallest absolute Gasteiger partial charge is 0.251 e. The van der Waals surface area contributed by atoms with E-state index in [1.165, 1.54) is 16.9 Å². The van der Waals surface area contributed by atoms with Crippen LogP contribution in [0.5, 0.6) is 0 Å². The molecule has 1 aromatic heterocycles. The van der Waals surface area contributed by atoms with Gasteiger partial charge in [-0.1, -0.05) is 12.1 Å². The van der Waals surface area contributed by atoms with Crippen molar-refractivity contribution in [2.45, 2.75) is 18.3 Å². The molecule has 2 rings (SSSR count). The number of thioether (sulfide) groups is 1. The van der Waals surface area contributed by atoms with Crippen LogP contribution >= 0.6 is 23.1 Å². The van der Waals surface area contributed by atoms with Gasteiger partial charge in [-0.3, -0.25) is 4.79 Å². The summed E-state index contributed by atoms with van der Waals surface area (Å²) in [5, 5.41) is 17.0. The number of hydrogen-bond acceptors (Lipinski definition) is 4. The molecule has 0 aliphatic rings. The van der Waals surface area contributed by atoms with Gasteiger partial charge in [0.25, 0.3) is 5.91 Å². The fourth-order valence-corrected chi connectivity index (χ4v) is 3.26. The molecule has 1 aromatic carbocycles. The van der Waals surface area contributed by atoms with Crippen LogP contribution in [0.2, 0.25) is 0 Å². The number of rotatable bonds is 6. The number of amides is 1. The highest BCUT2D eigenvalue weighted by Crippen LogP contribution is 2.22. The molecule has 2 N–H and O–H groups in total. The van der Waals surface area contributed by atoms with E-state index < -0.39 is 5.60 Å². The van der Waals surface area contributed by atoms with Crippen LogP contribution in [-0.2, 0) is 11.4 Å². The molecule has 5 heteroatoms. The van der Waals surface area contributed by atoms with Crippen molar-refractivity contribution in [1.29, 1.82) is 0 Å². The van der Waals surface area contributed by atoms with Gasteiger partial charge >= 0.3 is 0 Å². The third-order valence-corrected chi connectivity index (χ3v) is 4.57. The zero-order valence-electron chi connectivity index (χ0n) is 12.1. The summed E-state index contributed by atoms with van der Waals surface area (Å²) in [5.41, 5.74) is 1.59. The van der Waals surface area contributed by atoms with Crippen molar-refractivity contribution < 1.29 is 9.90 Å². The molecule has 0 saturated carbocycles. The standard InChI is InChI=1S/C16H19NO2S2/c1-16(19,14-7-8-21-10-14)11-17-15(18)13-5-3-12(4-6-13)9-20-2/h3-8,10,19H,9,11H2,1-2H3,(H,17,18). The van der Waals surface area contributed by atoms with Crippen molar-refractivity contribution in [3.05, 3.63) is 57.8 Å². The summed E-state index contributed by atoms with van der Waals surface area (Å²) in [6.45, 7) is 1.89. The molecule has 0 radical (unpaired) electrons. The van der Waals surface area contributed by atoms with Gasteiger partial charge in [0, 0.05) is 11.3 Å². The second kappa shape index (κ2) is 7.11. The molecular weight excluding hydrogens is 302 g/mol. The lowest BCUT2D eigenvalue weighted by molar-refractivity contribution is 0.0530. The highest BCUT2D eigenvalue weighted by molar-refractivity contribution is 7.97. The Morgan fingerprint density at radius 3 is 2.62 bits per heavy atom. The van der Waals surface area contributed by atoms with Crippen LogP contribution in [0.1, 0.15) is 28.4 Å². The maximum atomic E-state index is 12.1. The van der Waals surface area contributed by atoms with Crippen molar-refractivity contribution in [1.82, 2.24) is 5.32 Å². The Morgan fingerprint density at radius 2 is 2.05 bits per heavy atom. The summed E-state index contributed by atoms with van der Waals surface area (Å²) >= 11 is 3.28. The quantitative estimate of drug-likeness (QED) is 0.858. The third kappa shape index (κ3) is 4.33. The highest BCUT2D eigenvalue weighted by Gasteiger charge is 2.24. The van der Waals surface area contributed by atoms with E-state index in [4.69, 9.17) is 0 Å². The number of nitrogens with one attached hydrogen (secondary N) is 1. The van der Waals surface area contributed by atoms with Gasteiger partial charge in [-0.05, 0) is 53.3 Å². The molecule has 1 heterocycles. The number of carbonyl (C=O) groups excluding carboxylic acids is 1. The van der Waals surface area contributed by atoms with Crippen molar-refractivity contribution >= 4 is 29.0 Å². The molecule has 0 aliphatic carbocycles. The average Bonchev–Trinajstić information content (AvgIpc) is 3.01. The molecule has 1 amide bonds. The van der Waals surface area contributed by atoms with Gasteiger partial charge in [-0.2, -0.15) is 23.1 Å². The van der Waals surface area contributed by atoms with E-state index in [1.54, 1.807) is 18.7 Å². The number of hydrogen-bond donors (Lipinski definition) is 2. The third-order valence-electron chi connectivity index (χ3n) is 3.26. The summed E-state index contributed by atoms with van der Waals surface area (Å²) in [7, 11) is 0. The van der Waals surface area contributed by atoms with Gasteiger partial charge < -0.3 is 10.4 Å². The van der Waals surface area contributed by atoms with Crippen molar-refractivity contribution in [3.63, 3.8) is 0 Å². The highest BCUT2D eigenvalue weighted by atomic mass is 32.2. The molecule has 2 aromatic rings. The maximum absolute atomic E-state index is 12.1. The van der Waals surface area contributed by atoms with Crippen LogP contribution in [0.15, 0.2) is 41.1 Å². The summed E-state index contributed by atoms with van der Waals surface area (Å²) in [6, 6.07) is 9.43. The second-order valence-electron chi connectivity index (χ2n) is 5.10. The lowest BCUT2D eigenvalue weighted by Gasteiger charge is -2.22. The number of carbonyl (C=O) groups is 1. The van der Waals surface area contributed by atoms with E-state index in [9.17, 15) is 9.90 Å². The van der Waals surface area contributed by atoms with E-state index >= 15 is 0 Å². The Balaban J connectivity index is 1.95. The van der Waals surface area contributed by atoms with Crippen molar-refractivity contribution in [2.24, 2.45) is 0 Å². The van der Waals surface area contributed by atoms with E-state index in [-0.39, 0.29) is 12.5 Å². The first-order valence-electron chi connectivity index (χ1n) is 6.64. The molecule has 0 aliphatic heterocycles. The van der Waals surface area contributed by atoms with Crippen molar-refractivity contribution in [2.75, 3.05) is 12.8 Å². The normalized spacial score (nSPS) is 13.7. The van der Waals surface area contributed by atoms with Crippen LogP contribution in [0.25, 0.3) is 0 Å². The predicted octanol–water partition coefficient (Wildman–Crippen LogP) is 3.25. The van der Waals surface area contributed by atoms with Gasteiger partial charge in [0.1, 0.15) is 5.60 Å². The summed E-state index contributed by atoms with van der Waals surface area (Å²) < 4.78 is 0. The Labute approximate surface area is 133 Å². The molecule has 21 heavy (non-hydrogen) atoms. The predicted molar refractivity (Wildman–Crippen MR) is 89.9 cm³/mol. The first kappa shape index (κ1) is 16.1. The Morgan fingerprint density at radius 1 is 1.33 bits per heavy atom. The van der Waals surface area contributed by atoms with Gasteiger partial charge in [0.2, 0.25) is 0 Å². The van der Waals surface area contributed by atoms with Crippen LogP contribution in [0, 0.1) is 0 Å². The Bertz CT molecular complexity index is 577. The summed E-state index contributed by atoms with van der Waals surface area (Å²) in [6.07, 6.45) is 2.05. The summed E-state index contributed by atoms with van der Waals surface area (Å²) in [4.78, 5) is 12.1. The van der Waals surface area contributed by atoms with E-state index in [0.29, 0.717) is 5.56 Å². The van der Waals surface area contributed by atoms with Crippen LogP contribution in [0.4, 0.5) is 0 Å². The van der Waals surface area contributed by atoms with E-state index in [2.05, 4.69) is 5.32 Å². The molecule has 0 bridgehead atoms. The number of aliphatic hydroxyl groups is 1. The monoisotopic (exact) mass is 321 g/mol.